The van der Waals surface area contributed by atoms with Crippen LogP contribution < -0.4 is 5.32 Å². The Morgan fingerprint density at radius 3 is 2.28 bits per heavy atom. The van der Waals surface area contributed by atoms with Gasteiger partial charge < -0.3 is 5.32 Å². The summed E-state index contributed by atoms with van der Waals surface area (Å²) in [6.45, 7) is 0.978. The molecule has 1 aliphatic heterocycles. The third-order valence-corrected chi connectivity index (χ3v) is 5.50. The van der Waals surface area contributed by atoms with Crippen molar-refractivity contribution in [3.05, 3.63) is 0 Å². The first-order valence-corrected chi connectivity index (χ1v) is 8.02. The number of alkyl halides is 3. The van der Waals surface area contributed by atoms with Gasteiger partial charge >= 0.3 is 6.18 Å². The van der Waals surface area contributed by atoms with Gasteiger partial charge in [0.1, 0.15) is 0 Å². The van der Waals surface area contributed by atoms with Gasteiger partial charge in [-0.3, -0.25) is 0 Å². The van der Waals surface area contributed by atoms with E-state index in [-0.39, 0.29) is 0 Å². The predicted octanol–water partition coefficient (Wildman–Crippen LogP) is 3.98. The van der Waals surface area contributed by atoms with Gasteiger partial charge in [0.15, 0.2) is 0 Å². The van der Waals surface area contributed by atoms with E-state index in [2.05, 4.69) is 5.32 Å². The zero-order valence-electron chi connectivity index (χ0n) is 10.6. The smallest absolute Gasteiger partial charge is 0.313 e. The first-order valence-electron chi connectivity index (χ1n) is 6.97. The molecule has 1 unspecified atom stereocenters. The number of rotatable bonds is 3. The van der Waals surface area contributed by atoms with Crippen molar-refractivity contribution >= 4 is 11.8 Å². The lowest BCUT2D eigenvalue weighted by Crippen LogP contribution is -2.40. The summed E-state index contributed by atoms with van der Waals surface area (Å²) in [5.41, 5.74) is 0. The summed E-state index contributed by atoms with van der Waals surface area (Å²) in [6, 6.07) is 0.311. The molecule has 1 heterocycles. The van der Waals surface area contributed by atoms with E-state index >= 15 is 0 Å². The van der Waals surface area contributed by atoms with Crippen molar-refractivity contribution < 1.29 is 13.2 Å². The number of hydrogen-bond acceptors (Lipinski definition) is 2. The fraction of sp³-hybridized carbons (Fsp3) is 1.00. The lowest BCUT2D eigenvalue weighted by molar-refractivity contribution is -0.182. The molecule has 106 valence electrons. The van der Waals surface area contributed by atoms with Crippen molar-refractivity contribution in [2.45, 2.75) is 62.4 Å². The van der Waals surface area contributed by atoms with E-state index in [1.807, 2.05) is 11.8 Å². The first kappa shape index (κ1) is 14.5. The highest BCUT2D eigenvalue weighted by molar-refractivity contribution is 7.99. The second-order valence-corrected chi connectivity index (χ2v) is 6.90. The highest BCUT2D eigenvalue weighted by Gasteiger charge is 2.41. The summed E-state index contributed by atoms with van der Waals surface area (Å²) >= 11 is 2.01. The molecule has 2 rings (SSSR count). The minimum Gasteiger partial charge on any atom is -0.313 e. The van der Waals surface area contributed by atoms with E-state index in [1.165, 1.54) is 25.0 Å². The zero-order chi connectivity index (χ0) is 13.0. The number of nitrogens with one attached hydrogen (secondary N) is 1. The van der Waals surface area contributed by atoms with Crippen molar-refractivity contribution in [2.24, 2.45) is 5.92 Å². The van der Waals surface area contributed by atoms with Crippen LogP contribution >= 0.6 is 11.8 Å². The molecule has 2 aliphatic rings. The molecular formula is C13H22F3NS. The molecule has 0 aromatic carbocycles. The lowest BCUT2D eigenvalue weighted by Gasteiger charge is -2.32. The normalized spacial score (nSPS) is 34.5. The maximum Gasteiger partial charge on any atom is 0.391 e. The van der Waals surface area contributed by atoms with Crippen LogP contribution in [-0.4, -0.2) is 29.8 Å². The van der Waals surface area contributed by atoms with Gasteiger partial charge in [-0.25, -0.2) is 0 Å². The molecule has 0 aromatic rings. The first-order chi connectivity index (χ1) is 8.55. The molecule has 0 bridgehead atoms. The molecule has 0 spiro atoms. The highest BCUT2D eigenvalue weighted by atomic mass is 32.2. The lowest BCUT2D eigenvalue weighted by atomic mass is 9.85. The molecule has 0 amide bonds. The van der Waals surface area contributed by atoms with Crippen molar-refractivity contribution in [2.75, 3.05) is 12.3 Å². The molecule has 0 radical (unpaired) electrons. The third kappa shape index (κ3) is 4.34. The molecule has 2 fully saturated rings. The van der Waals surface area contributed by atoms with Crippen molar-refractivity contribution in [1.82, 2.24) is 5.32 Å². The van der Waals surface area contributed by atoms with E-state index in [0.29, 0.717) is 37.0 Å². The van der Waals surface area contributed by atoms with Gasteiger partial charge in [-0.05, 0) is 44.3 Å². The van der Waals surface area contributed by atoms with Crippen LogP contribution in [0.4, 0.5) is 13.2 Å². The van der Waals surface area contributed by atoms with Crippen LogP contribution in [0.1, 0.15) is 44.9 Å². The fourth-order valence-corrected chi connectivity index (χ4v) is 4.14. The minimum atomic E-state index is -3.98. The van der Waals surface area contributed by atoms with Crippen LogP contribution in [0.25, 0.3) is 0 Å². The van der Waals surface area contributed by atoms with E-state index in [1.54, 1.807) is 0 Å². The van der Waals surface area contributed by atoms with Crippen molar-refractivity contribution in [1.29, 1.82) is 0 Å². The van der Waals surface area contributed by atoms with Crippen LogP contribution in [0.15, 0.2) is 0 Å². The summed E-state index contributed by atoms with van der Waals surface area (Å²) < 4.78 is 37.6. The van der Waals surface area contributed by atoms with Gasteiger partial charge in [0.2, 0.25) is 0 Å². The zero-order valence-corrected chi connectivity index (χ0v) is 11.5. The average molecular weight is 281 g/mol. The Labute approximate surface area is 111 Å². The van der Waals surface area contributed by atoms with Crippen LogP contribution in [0.5, 0.6) is 0 Å². The Morgan fingerprint density at radius 2 is 1.72 bits per heavy atom. The van der Waals surface area contributed by atoms with Gasteiger partial charge in [0, 0.05) is 17.8 Å². The number of halogens is 3. The van der Waals surface area contributed by atoms with Crippen LogP contribution in [0, 0.1) is 5.92 Å². The van der Waals surface area contributed by atoms with Gasteiger partial charge in [-0.1, -0.05) is 6.42 Å². The van der Waals surface area contributed by atoms with E-state index < -0.39 is 12.1 Å². The molecule has 1 atom stereocenters. The molecule has 1 nitrogen and oxygen atoms in total. The Hall–Kier alpha value is 0.100. The molecule has 18 heavy (non-hydrogen) atoms. The third-order valence-electron chi connectivity index (χ3n) is 4.10. The van der Waals surface area contributed by atoms with Gasteiger partial charge in [0.05, 0.1) is 5.92 Å². The average Bonchev–Trinajstić information content (AvgIpc) is 2.37. The molecular weight excluding hydrogens is 259 g/mol. The van der Waals surface area contributed by atoms with Crippen LogP contribution in [0.2, 0.25) is 0 Å². The molecule has 5 heteroatoms. The minimum absolute atomic E-state index is 0.305. The Balaban J connectivity index is 1.64. The monoisotopic (exact) mass is 281 g/mol. The number of thioether (sulfide) groups is 1. The second kappa shape index (κ2) is 6.51. The largest absolute Gasteiger partial charge is 0.391 e. The summed E-state index contributed by atoms with van der Waals surface area (Å²) in [4.78, 5) is 0. The maximum atomic E-state index is 12.5. The fourth-order valence-electron chi connectivity index (χ4n) is 2.89. The Morgan fingerprint density at radius 1 is 1.00 bits per heavy atom. The van der Waals surface area contributed by atoms with E-state index in [0.717, 1.165) is 6.54 Å². The summed E-state index contributed by atoms with van der Waals surface area (Å²) in [5.74, 6) is 0.187. The standard InChI is InChI=1S/C13H22F3NS/c14-13(15,16)10-4-6-11(7-5-10)17-9-12-3-1-2-8-18-12/h10-12,17H,1-9H2. The maximum absolute atomic E-state index is 12.5. The summed E-state index contributed by atoms with van der Waals surface area (Å²) in [6.07, 6.45) is 1.87. The van der Waals surface area contributed by atoms with Crippen LogP contribution in [-0.2, 0) is 0 Å². The predicted molar refractivity (Wildman–Crippen MR) is 69.9 cm³/mol. The van der Waals surface area contributed by atoms with Gasteiger partial charge in [-0.2, -0.15) is 24.9 Å². The quantitative estimate of drug-likeness (QED) is 0.839. The van der Waals surface area contributed by atoms with Crippen molar-refractivity contribution in [3.8, 4) is 0 Å². The van der Waals surface area contributed by atoms with Crippen molar-refractivity contribution in [3.63, 3.8) is 0 Å². The highest BCUT2D eigenvalue weighted by Crippen LogP contribution is 2.37. The summed E-state index contributed by atoms with van der Waals surface area (Å²) in [5, 5.41) is 4.15. The molecule has 1 saturated heterocycles. The summed E-state index contributed by atoms with van der Waals surface area (Å²) in [7, 11) is 0. The molecule has 1 N–H and O–H groups in total. The van der Waals surface area contributed by atoms with E-state index in [4.69, 9.17) is 0 Å². The topological polar surface area (TPSA) is 12.0 Å². The Bertz CT molecular complexity index is 243. The van der Waals surface area contributed by atoms with Gasteiger partial charge in [0.25, 0.3) is 0 Å². The SMILES string of the molecule is FC(F)(F)C1CCC(NCC2CCCCS2)CC1. The molecule has 1 saturated carbocycles. The van der Waals surface area contributed by atoms with Gasteiger partial charge in [-0.15, -0.1) is 0 Å². The van der Waals surface area contributed by atoms with Crippen LogP contribution in [0.3, 0.4) is 0 Å². The molecule has 1 aliphatic carbocycles. The number of hydrogen-bond donors (Lipinski definition) is 1. The van der Waals surface area contributed by atoms with E-state index in [9.17, 15) is 13.2 Å². The second-order valence-electron chi connectivity index (χ2n) is 5.49. The molecule has 0 aromatic heterocycles. The Kier molecular flexibility index (Phi) is 5.24.